The van der Waals surface area contributed by atoms with Gasteiger partial charge >= 0.3 is 34.1 Å². The molecule has 0 aromatic rings. The van der Waals surface area contributed by atoms with Crippen LogP contribution in [0.5, 0.6) is 0 Å². The number of halogens is 4. The molecule has 0 atom stereocenters. The van der Waals surface area contributed by atoms with Gasteiger partial charge in [0.25, 0.3) is 0 Å². The molecule has 138 valence electrons. The molecule has 1 fully saturated rings. The largest absolute Gasteiger partial charge is 2.00 e. The molecule has 0 saturated carbocycles. The van der Waals surface area contributed by atoms with Crippen molar-refractivity contribution >= 4 is 0 Å². The smallest absolute Gasteiger partial charge is 1.00 e. The third-order valence-electron chi connectivity index (χ3n) is 3.13. The van der Waals surface area contributed by atoms with Gasteiger partial charge in [0, 0.05) is 26.2 Å². The van der Waals surface area contributed by atoms with E-state index in [0.29, 0.717) is 0 Å². The van der Waals surface area contributed by atoms with Gasteiger partial charge in [0.1, 0.15) is 0 Å². The molecule has 0 aromatic heterocycles. The summed E-state index contributed by atoms with van der Waals surface area (Å²) in [5, 5.41) is 7.01. The Labute approximate surface area is 182 Å². The first kappa shape index (κ1) is 39.2. The van der Waals surface area contributed by atoms with E-state index in [9.17, 15) is 0 Å². The Morgan fingerprint density at radius 2 is 0.864 bits per heavy atom. The first-order valence-electron chi connectivity index (χ1n) is 6.57. The Kier molecular flexibility index (Phi) is 49.7. The third-order valence-corrected chi connectivity index (χ3v) is 3.13. The van der Waals surface area contributed by atoms with Crippen molar-refractivity contribution in [1.29, 1.82) is 0 Å². The monoisotopic (exact) mass is 478 g/mol. The molecule has 1 rings (SSSR count). The molecule has 1 aliphatic heterocycles. The van der Waals surface area contributed by atoms with Crippen LogP contribution in [-0.4, -0.2) is 76.3 Å². The quantitative estimate of drug-likeness (QED) is 0.338. The van der Waals surface area contributed by atoms with Crippen molar-refractivity contribution in [2.75, 3.05) is 66.5 Å². The molecule has 0 spiro atoms. The van der Waals surface area contributed by atoms with Gasteiger partial charge in [-0.25, -0.2) is 0 Å². The van der Waals surface area contributed by atoms with E-state index >= 15 is 0 Å². The summed E-state index contributed by atoms with van der Waals surface area (Å²) in [6.07, 6.45) is 2.50. The van der Waals surface area contributed by atoms with Gasteiger partial charge in [-0.15, -0.1) is 0 Å². The molecule has 1 heterocycles. The average Bonchev–Trinajstić information content (AvgIpc) is 2.27. The van der Waals surface area contributed by atoms with Crippen molar-refractivity contribution in [3.8, 4) is 0 Å². The Hall–Kier alpha value is 2.04. The second kappa shape index (κ2) is 27.9. The fourth-order valence-corrected chi connectivity index (χ4v) is 1.96. The molecule has 0 bridgehead atoms. The van der Waals surface area contributed by atoms with Crippen LogP contribution in [0, 0.1) is 0 Å². The third kappa shape index (κ3) is 24.3. The van der Waals surface area contributed by atoms with Crippen molar-refractivity contribution in [1.82, 2.24) is 20.4 Å². The van der Waals surface area contributed by atoms with E-state index in [1.54, 1.807) is 0 Å². The van der Waals surface area contributed by atoms with Gasteiger partial charge in [-0.05, 0) is 53.1 Å². The Morgan fingerprint density at radius 3 is 1.18 bits per heavy atom. The zero-order valence-electron chi connectivity index (χ0n) is 13.2. The molecule has 0 aromatic carbocycles. The second-order valence-corrected chi connectivity index (χ2v) is 4.81. The van der Waals surface area contributed by atoms with Gasteiger partial charge in [-0.3, -0.25) is 0 Å². The molecule has 2 N–H and O–H groups in total. The maximum absolute atomic E-state index is 3.51. The Bertz CT molecular complexity index is 153. The Morgan fingerprint density at radius 1 is 0.545 bits per heavy atom. The minimum atomic E-state index is 0. The van der Waals surface area contributed by atoms with Crippen molar-refractivity contribution < 1.29 is 83.8 Å². The summed E-state index contributed by atoms with van der Waals surface area (Å²) in [6.45, 7) is 9.25. The van der Waals surface area contributed by atoms with Crippen LogP contribution in [0.1, 0.15) is 12.8 Å². The predicted octanol–water partition coefficient (Wildman–Crippen LogP) is -12.2. The molecule has 0 amide bonds. The zero-order chi connectivity index (χ0) is 11.6. The summed E-state index contributed by atoms with van der Waals surface area (Å²) >= 11 is 0. The molecule has 1 aliphatic rings. The second-order valence-electron chi connectivity index (χ2n) is 4.81. The van der Waals surface area contributed by atoms with E-state index < -0.39 is 0 Å². The Balaban J connectivity index is -0.000000107. The maximum atomic E-state index is 3.51. The number of hydrogen-bond donors (Lipinski definition) is 2. The maximum Gasteiger partial charge on any atom is 2.00 e. The summed E-state index contributed by atoms with van der Waals surface area (Å²) in [6, 6.07) is 0. The van der Waals surface area contributed by atoms with Gasteiger partial charge in [0.2, 0.25) is 0 Å². The van der Waals surface area contributed by atoms with E-state index in [1.807, 2.05) is 0 Å². The van der Waals surface area contributed by atoms with Gasteiger partial charge in [-0.2, -0.15) is 0 Å². The molecule has 10 heteroatoms. The molecule has 0 aliphatic carbocycles. The normalized spacial score (nSPS) is 18.3. The summed E-state index contributed by atoms with van der Waals surface area (Å²) in [5.74, 6) is 0. The van der Waals surface area contributed by atoms with Crippen LogP contribution in [0.4, 0.5) is 0 Å². The summed E-state index contributed by atoms with van der Waals surface area (Å²) < 4.78 is 0. The van der Waals surface area contributed by atoms with Crippen molar-refractivity contribution in [3.63, 3.8) is 0 Å². The minimum absolute atomic E-state index is 0. The van der Waals surface area contributed by atoms with Crippen LogP contribution >= 0.6 is 0 Å². The summed E-state index contributed by atoms with van der Waals surface area (Å²) in [5.41, 5.74) is 0. The fourth-order valence-electron chi connectivity index (χ4n) is 1.96. The standard InChI is InChI=1S/C12H28N4.4ClH.2Mn/c1-15-9-3-5-14-8-12-16(2)10-4-6-13-7-11-15;;;;;;/h13-14H,3-12H2,1-2H3;4*1H;;/q;;;;;2*+2/p-4. The number of likely N-dealkylation sites (N-methyl/N-ethyl adjacent to an activating group) is 2. The van der Waals surface area contributed by atoms with Crippen LogP contribution in [-0.2, 0) is 34.1 Å². The van der Waals surface area contributed by atoms with Crippen molar-refractivity contribution in [2.24, 2.45) is 0 Å². The van der Waals surface area contributed by atoms with Crippen molar-refractivity contribution in [2.45, 2.75) is 12.8 Å². The molecule has 22 heavy (non-hydrogen) atoms. The average molecular weight is 480 g/mol. The van der Waals surface area contributed by atoms with Crippen LogP contribution in [0.25, 0.3) is 0 Å². The first-order valence-corrected chi connectivity index (χ1v) is 6.57. The molecule has 1 saturated heterocycles. The number of rotatable bonds is 0. The number of hydrogen-bond acceptors (Lipinski definition) is 4. The summed E-state index contributed by atoms with van der Waals surface area (Å²) in [4.78, 5) is 4.82. The predicted molar refractivity (Wildman–Crippen MR) is 70.0 cm³/mol. The van der Waals surface area contributed by atoms with E-state index in [2.05, 4.69) is 34.5 Å². The molecular formula is C12H28Cl4Mn2N4. The van der Waals surface area contributed by atoms with Crippen LogP contribution in [0.15, 0.2) is 0 Å². The van der Waals surface area contributed by atoms with Crippen LogP contribution in [0.2, 0.25) is 0 Å². The van der Waals surface area contributed by atoms with Crippen LogP contribution < -0.4 is 60.3 Å². The molecule has 0 unspecified atom stereocenters. The zero-order valence-corrected chi connectivity index (χ0v) is 18.6. The van der Waals surface area contributed by atoms with E-state index in [0.717, 1.165) is 39.3 Å². The van der Waals surface area contributed by atoms with Crippen molar-refractivity contribution in [3.05, 3.63) is 0 Å². The SMILES string of the molecule is CN1CCCNCCN(C)CCCNCC1.[Cl-].[Cl-].[Cl-].[Cl-].[Mn+2].[Mn+2]. The summed E-state index contributed by atoms with van der Waals surface area (Å²) in [7, 11) is 4.42. The van der Waals surface area contributed by atoms with Gasteiger partial charge < -0.3 is 70.1 Å². The minimum Gasteiger partial charge on any atom is -1.00 e. The first-order chi connectivity index (χ1) is 7.79. The number of nitrogens with zero attached hydrogens (tertiary/aromatic N) is 2. The number of nitrogens with one attached hydrogen (secondary N) is 2. The van der Waals surface area contributed by atoms with Crippen LogP contribution in [0.3, 0.4) is 0 Å². The fraction of sp³-hybridized carbons (Fsp3) is 1.00. The van der Waals surface area contributed by atoms with E-state index in [4.69, 9.17) is 0 Å². The van der Waals surface area contributed by atoms with E-state index in [-0.39, 0.29) is 83.8 Å². The van der Waals surface area contributed by atoms with Gasteiger partial charge in [-0.1, -0.05) is 0 Å². The van der Waals surface area contributed by atoms with E-state index in [1.165, 1.54) is 25.9 Å². The van der Waals surface area contributed by atoms with Gasteiger partial charge in [0.15, 0.2) is 0 Å². The topological polar surface area (TPSA) is 30.5 Å². The van der Waals surface area contributed by atoms with Gasteiger partial charge in [0.05, 0.1) is 0 Å². The molecular weight excluding hydrogens is 452 g/mol. The molecule has 2 radical (unpaired) electrons. The molecule has 4 nitrogen and oxygen atoms in total.